The molecule has 1 heterocycles. The van der Waals surface area contributed by atoms with Gasteiger partial charge in [0, 0.05) is 23.0 Å². The van der Waals surface area contributed by atoms with Crippen LogP contribution in [-0.4, -0.2) is 19.7 Å². The highest BCUT2D eigenvalue weighted by Crippen LogP contribution is 2.31. The third kappa shape index (κ3) is 3.86. The summed E-state index contributed by atoms with van der Waals surface area (Å²) in [5.41, 5.74) is 1.78. The van der Waals surface area contributed by atoms with Crippen LogP contribution in [0, 0.1) is 5.41 Å². The van der Waals surface area contributed by atoms with Crippen LogP contribution < -0.4 is 10.1 Å². The SMILES string of the molecule is Brc1ccc(OCCC2(Cc3ccccc3)CNC2)cc1. The highest BCUT2D eigenvalue weighted by Gasteiger charge is 2.36. The second kappa shape index (κ2) is 6.63. The van der Waals surface area contributed by atoms with Gasteiger partial charge in [0.25, 0.3) is 0 Å². The number of ether oxygens (including phenoxy) is 1. The molecular formula is C18H20BrNO. The maximum atomic E-state index is 5.88. The molecule has 0 aliphatic carbocycles. The van der Waals surface area contributed by atoms with Gasteiger partial charge < -0.3 is 10.1 Å². The molecule has 0 bridgehead atoms. The van der Waals surface area contributed by atoms with Crippen molar-refractivity contribution in [3.05, 3.63) is 64.6 Å². The van der Waals surface area contributed by atoms with E-state index in [1.165, 1.54) is 5.56 Å². The predicted octanol–water partition coefficient (Wildman–Crippen LogP) is 4.05. The summed E-state index contributed by atoms with van der Waals surface area (Å²) in [6.07, 6.45) is 2.22. The number of rotatable bonds is 6. The van der Waals surface area contributed by atoms with Gasteiger partial charge in [-0.2, -0.15) is 0 Å². The van der Waals surface area contributed by atoms with E-state index in [4.69, 9.17) is 4.74 Å². The molecule has 2 aromatic carbocycles. The van der Waals surface area contributed by atoms with E-state index >= 15 is 0 Å². The zero-order chi connectivity index (χ0) is 14.5. The average Bonchev–Trinajstić information content (AvgIpc) is 2.48. The highest BCUT2D eigenvalue weighted by molar-refractivity contribution is 9.10. The van der Waals surface area contributed by atoms with E-state index in [1.807, 2.05) is 24.3 Å². The minimum Gasteiger partial charge on any atom is -0.494 e. The van der Waals surface area contributed by atoms with Gasteiger partial charge in [0.15, 0.2) is 0 Å². The molecule has 110 valence electrons. The first-order chi connectivity index (χ1) is 10.3. The Kier molecular flexibility index (Phi) is 4.61. The van der Waals surface area contributed by atoms with Crippen molar-refractivity contribution in [3.8, 4) is 5.75 Å². The molecule has 1 N–H and O–H groups in total. The molecule has 3 heteroatoms. The molecule has 0 aromatic heterocycles. The number of hydrogen-bond acceptors (Lipinski definition) is 2. The monoisotopic (exact) mass is 345 g/mol. The van der Waals surface area contributed by atoms with E-state index in [9.17, 15) is 0 Å². The third-order valence-electron chi connectivity index (χ3n) is 4.14. The smallest absolute Gasteiger partial charge is 0.119 e. The Hall–Kier alpha value is -1.32. The molecule has 1 aliphatic heterocycles. The van der Waals surface area contributed by atoms with Gasteiger partial charge in [-0.3, -0.25) is 0 Å². The molecule has 2 aromatic rings. The predicted molar refractivity (Wildman–Crippen MR) is 89.7 cm³/mol. The van der Waals surface area contributed by atoms with E-state index in [0.29, 0.717) is 5.41 Å². The van der Waals surface area contributed by atoms with Crippen LogP contribution in [0.4, 0.5) is 0 Å². The Morgan fingerprint density at radius 2 is 1.71 bits per heavy atom. The summed E-state index contributed by atoms with van der Waals surface area (Å²) in [6, 6.07) is 18.8. The minimum absolute atomic E-state index is 0.358. The van der Waals surface area contributed by atoms with Gasteiger partial charge in [0.1, 0.15) is 5.75 Å². The van der Waals surface area contributed by atoms with Crippen LogP contribution in [0.2, 0.25) is 0 Å². The Labute approximate surface area is 134 Å². The first-order valence-corrected chi connectivity index (χ1v) is 8.18. The molecule has 0 amide bonds. The number of nitrogens with one attached hydrogen (secondary N) is 1. The van der Waals surface area contributed by atoms with Crippen molar-refractivity contribution < 1.29 is 4.74 Å². The second-order valence-corrected chi connectivity index (χ2v) is 6.73. The van der Waals surface area contributed by atoms with E-state index in [-0.39, 0.29) is 0 Å². The van der Waals surface area contributed by atoms with Crippen molar-refractivity contribution in [2.45, 2.75) is 12.8 Å². The van der Waals surface area contributed by atoms with Gasteiger partial charge in [-0.25, -0.2) is 0 Å². The summed E-state index contributed by atoms with van der Waals surface area (Å²) >= 11 is 3.44. The van der Waals surface area contributed by atoms with Crippen molar-refractivity contribution in [2.24, 2.45) is 5.41 Å². The first-order valence-electron chi connectivity index (χ1n) is 7.39. The fourth-order valence-electron chi connectivity index (χ4n) is 2.81. The van der Waals surface area contributed by atoms with Crippen LogP contribution in [0.5, 0.6) is 5.75 Å². The lowest BCUT2D eigenvalue weighted by atomic mass is 9.74. The maximum absolute atomic E-state index is 5.88. The minimum atomic E-state index is 0.358. The molecule has 1 aliphatic rings. The molecule has 0 radical (unpaired) electrons. The average molecular weight is 346 g/mol. The van der Waals surface area contributed by atoms with Gasteiger partial charge in [-0.15, -0.1) is 0 Å². The maximum Gasteiger partial charge on any atom is 0.119 e. The summed E-state index contributed by atoms with van der Waals surface area (Å²) in [5.74, 6) is 0.945. The normalized spacial score (nSPS) is 16.2. The largest absolute Gasteiger partial charge is 0.494 e. The van der Waals surface area contributed by atoms with E-state index in [1.54, 1.807) is 0 Å². The topological polar surface area (TPSA) is 21.3 Å². The van der Waals surface area contributed by atoms with Crippen molar-refractivity contribution >= 4 is 15.9 Å². The van der Waals surface area contributed by atoms with Crippen LogP contribution in [0.15, 0.2) is 59.1 Å². The van der Waals surface area contributed by atoms with E-state index < -0.39 is 0 Å². The molecule has 1 fully saturated rings. The lowest BCUT2D eigenvalue weighted by molar-refractivity contribution is 0.121. The van der Waals surface area contributed by atoms with Gasteiger partial charge in [-0.1, -0.05) is 46.3 Å². The van der Waals surface area contributed by atoms with Crippen molar-refractivity contribution in [3.63, 3.8) is 0 Å². The summed E-state index contributed by atoms with van der Waals surface area (Å²) in [7, 11) is 0. The fraction of sp³-hybridized carbons (Fsp3) is 0.333. The first kappa shape index (κ1) is 14.6. The lowest BCUT2D eigenvalue weighted by Crippen LogP contribution is -2.55. The molecule has 0 saturated carbocycles. The van der Waals surface area contributed by atoms with Crippen LogP contribution in [0.1, 0.15) is 12.0 Å². The number of halogens is 1. The molecule has 0 atom stereocenters. The van der Waals surface area contributed by atoms with Crippen LogP contribution in [-0.2, 0) is 6.42 Å². The lowest BCUT2D eigenvalue weighted by Gasteiger charge is -2.43. The Bertz CT molecular complexity index is 564. The van der Waals surface area contributed by atoms with Crippen LogP contribution >= 0.6 is 15.9 Å². The quantitative estimate of drug-likeness (QED) is 0.852. The van der Waals surface area contributed by atoms with Crippen LogP contribution in [0.3, 0.4) is 0 Å². The number of benzene rings is 2. The molecule has 3 rings (SSSR count). The Morgan fingerprint density at radius 3 is 2.33 bits per heavy atom. The molecular weight excluding hydrogens is 326 g/mol. The van der Waals surface area contributed by atoms with Gasteiger partial charge in [0.05, 0.1) is 6.61 Å². The summed E-state index contributed by atoms with van der Waals surface area (Å²) in [5, 5.41) is 3.42. The zero-order valence-corrected chi connectivity index (χ0v) is 13.6. The molecule has 2 nitrogen and oxygen atoms in total. The summed E-state index contributed by atoms with van der Waals surface area (Å²) in [4.78, 5) is 0. The fourth-order valence-corrected chi connectivity index (χ4v) is 3.08. The van der Waals surface area contributed by atoms with Crippen molar-refractivity contribution in [2.75, 3.05) is 19.7 Å². The van der Waals surface area contributed by atoms with Crippen molar-refractivity contribution in [1.29, 1.82) is 0 Å². The molecule has 21 heavy (non-hydrogen) atoms. The standard InChI is InChI=1S/C18H20BrNO/c19-16-6-8-17(9-7-16)21-11-10-18(13-20-14-18)12-15-4-2-1-3-5-15/h1-9,20H,10-14H2. The van der Waals surface area contributed by atoms with Crippen LogP contribution in [0.25, 0.3) is 0 Å². The Morgan fingerprint density at radius 1 is 1.00 bits per heavy atom. The summed E-state index contributed by atoms with van der Waals surface area (Å²) < 4.78 is 6.96. The van der Waals surface area contributed by atoms with Gasteiger partial charge in [0.2, 0.25) is 0 Å². The third-order valence-corrected chi connectivity index (χ3v) is 4.67. The second-order valence-electron chi connectivity index (χ2n) is 5.82. The highest BCUT2D eigenvalue weighted by atomic mass is 79.9. The molecule has 1 saturated heterocycles. The van der Waals surface area contributed by atoms with E-state index in [2.05, 4.69) is 51.6 Å². The van der Waals surface area contributed by atoms with E-state index in [0.717, 1.165) is 42.8 Å². The van der Waals surface area contributed by atoms with Gasteiger partial charge >= 0.3 is 0 Å². The number of hydrogen-bond donors (Lipinski definition) is 1. The van der Waals surface area contributed by atoms with Crippen molar-refractivity contribution in [1.82, 2.24) is 5.32 Å². The van der Waals surface area contributed by atoms with Gasteiger partial charge in [-0.05, 0) is 42.7 Å². The molecule has 0 unspecified atom stereocenters. The molecule has 0 spiro atoms. The summed E-state index contributed by atoms with van der Waals surface area (Å²) in [6.45, 7) is 2.95. The zero-order valence-electron chi connectivity index (χ0n) is 12.0. The Balaban J connectivity index is 1.54.